The van der Waals surface area contributed by atoms with E-state index < -0.39 is 0 Å². The lowest BCUT2D eigenvalue weighted by Gasteiger charge is -1.74. The Morgan fingerprint density at radius 2 is 2.00 bits per heavy atom. The molecule has 0 radical (unpaired) electrons. The minimum absolute atomic E-state index is 0.936. The highest BCUT2D eigenvalue weighted by Gasteiger charge is 1.92. The van der Waals surface area contributed by atoms with E-state index in [0.717, 1.165) is 9.75 Å². The highest BCUT2D eigenvalue weighted by molar-refractivity contribution is 7.13. The molecule has 13 heavy (non-hydrogen) atoms. The van der Waals surface area contributed by atoms with Gasteiger partial charge < -0.3 is 0 Å². The second kappa shape index (κ2) is 4.89. The largest absolute Gasteiger partial charge is 0.118 e. The number of allylic oxidation sites excluding steroid dienone is 1. The molecule has 0 bridgehead atoms. The van der Waals surface area contributed by atoms with Crippen LogP contribution in [0.4, 0.5) is 0 Å². The van der Waals surface area contributed by atoms with E-state index in [0.29, 0.717) is 0 Å². The van der Waals surface area contributed by atoms with Crippen molar-refractivity contribution in [2.75, 3.05) is 0 Å². The van der Waals surface area contributed by atoms with Crippen molar-refractivity contribution < 1.29 is 0 Å². The summed E-state index contributed by atoms with van der Waals surface area (Å²) in [5.41, 5.74) is 0. The molecule has 1 heteroatoms. The number of hydrogen-bond acceptors (Lipinski definition) is 1. The summed E-state index contributed by atoms with van der Waals surface area (Å²) in [6.45, 7) is 3.51. The van der Waals surface area contributed by atoms with Crippen molar-refractivity contribution in [1.82, 2.24) is 0 Å². The topological polar surface area (TPSA) is 0 Å². The van der Waals surface area contributed by atoms with Gasteiger partial charge in [0.15, 0.2) is 0 Å². The van der Waals surface area contributed by atoms with Crippen LogP contribution in [0, 0.1) is 36.0 Å². The van der Waals surface area contributed by atoms with Crippen LogP contribution in [0.25, 0.3) is 0 Å². The molecule has 0 aliphatic carbocycles. The normalized spacial score (nSPS) is 7.00. The van der Waals surface area contributed by atoms with Gasteiger partial charge in [0.2, 0.25) is 0 Å². The molecule has 1 heterocycles. The van der Waals surface area contributed by atoms with Gasteiger partial charge in [0, 0.05) is 0 Å². The molecule has 0 spiro atoms. The van der Waals surface area contributed by atoms with Gasteiger partial charge in [-0.15, -0.1) is 17.8 Å². The highest BCUT2D eigenvalue weighted by Crippen LogP contribution is 2.13. The van der Waals surface area contributed by atoms with Crippen LogP contribution in [-0.4, -0.2) is 0 Å². The van der Waals surface area contributed by atoms with Gasteiger partial charge in [0.1, 0.15) is 0 Å². The van der Waals surface area contributed by atoms with Crippen LogP contribution in [-0.2, 0) is 0 Å². The fraction of sp³-hybridized carbons (Fsp3) is 0. The van der Waals surface area contributed by atoms with E-state index in [1.807, 2.05) is 12.1 Å². The Balaban J connectivity index is 2.88. The molecule has 0 aromatic carbocycles. The first-order chi connectivity index (χ1) is 6.36. The van der Waals surface area contributed by atoms with E-state index in [9.17, 15) is 0 Å². The van der Waals surface area contributed by atoms with Crippen molar-refractivity contribution >= 4 is 11.3 Å². The summed E-state index contributed by atoms with van der Waals surface area (Å²) in [5.74, 6) is 13.3. The number of terminal acetylenes is 1. The summed E-state index contributed by atoms with van der Waals surface area (Å²) in [6.07, 6.45) is 6.57. The molecule has 0 amide bonds. The molecule has 0 fully saturated rings. The minimum atomic E-state index is 0.936. The van der Waals surface area contributed by atoms with Crippen molar-refractivity contribution in [3.8, 4) is 36.0 Å². The molecule has 0 aliphatic rings. The van der Waals surface area contributed by atoms with E-state index in [-0.39, 0.29) is 0 Å². The van der Waals surface area contributed by atoms with Crippen LogP contribution in [0.15, 0.2) is 24.8 Å². The van der Waals surface area contributed by atoms with Crippen molar-refractivity contribution in [2.45, 2.75) is 0 Å². The standard InChI is InChI=1S/C12H6S/c1-3-5-7-11-9-10-12(13-11)8-6-4-2/h1,4,9-10H,2H2. The molecule has 60 valence electrons. The Morgan fingerprint density at radius 1 is 1.31 bits per heavy atom. The first-order valence-electron chi connectivity index (χ1n) is 3.55. The third kappa shape index (κ3) is 2.92. The zero-order valence-electron chi connectivity index (χ0n) is 6.92. The van der Waals surface area contributed by atoms with Crippen LogP contribution in [0.1, 0.15) is 9.75 Å². The molecule has 0 aliphatic heterocycles. The van der Waals surface area contributed by atoms with Gasteiger partial charge in [-0.25, -0.2) is 0 Å². The Morgan fingerprint density at radius 3 is 2.62 bits per heavy atom. The van der Waals surface area contributed by atoms with Crippen molar-refractivity contribution in [2.24, 2.45) is 0 Å². The molecule has 0 N–H and O–H groups in total. The SMILES string of the molecule is C#CC#Cc1ccc(C#CC=C)s1. The fourth-order valence-corrected chi connectivity index (χ4v) is 1.41. The van der Waals surface area contributed by atoms with Gasteiger partial charge in [-0.05, 0) is 36.0 Å². The summed E-state index contributed by atoms with van der Waals surface area (Å²) in [6, 6.07) is 3.82. The number of thiophene rings is 1. The summed E-state index contributed by atoms with van der Waals surface area (Å²) in [5, 5.41) is 0. The Labute approximate surface area is 82.3 Å². The molecule has 0 atom stereocenters. The highest BCUT2D eigenvalue weighted by atomic mass is 32.1. The van der Waals surface area contributed by atoms with E-state index in [4.69, 9.17) is 6.42 Å². The van der Waals surface area contributed by atoms with Gasteiger partial charge in [-0.2, -0.15) is 0 Å². The average molecular weight is 182 g/mol. The third-order valence-corrected chi connectivity index (χ3v) is 2.08. The summed E-state index contributed by atoms with van der Waals surface area (Å²) >= 11 is 1.52. The summed E-state index contributed by atoms with van der Waals surface area (Å²) < 4.78 is 0. The zero-order chi connectivity index (χ0) is 9.52. The smallest absolute Gasteiger partial charge is 0.0792 e. The monoisotopic (exact) mass is 182 g/mol. The third-order valence-electron chi connectivity index (χ3n) is 1.16. The Hall–Kier alpha value is -1.88. The van der Waals surface area contributed by atoms with Crippen molar-refractivity contribution in [1.29, 1.82) is 0 Å². The van der Waals surface area contributed by atoms with Gasteiger partial charge in [0.05, 0.1) is 9.75 Å². The predicted molar refractivity (Wildman–Crippen MR) is 57.1 cm³/mol. The first-order valence-corrected chi connectivity index (χ1v) is 4.37. The lowest BCUT2D eigenvalue weighted by molar-refractivity contribution is 1.89. The van der Waals surface area contributed by atoms with E-state index >= 15 is 0 Å². The van der Waals surface area contributed by atoms with Crippen LogP contribution in [0.3, 0.4) is 0 Å². The van der Waals surface area contributed by atoms with Gasteiger partial charge in [0.25, 0.3) is 0 Å². The maximum atomic E-state index is 5.00. The maximum absolute atomic E-state index is 5.00. The Bertz CT molecular complexity index is 461. The van der Waals surface area contributed by atoms with Crippen LogP contribution in [0.5, 0.6) is 0 Å². The molecule has 1 aromatic heterocycles. The molecule has 0 unspecified atom stereocenters. The second-order valence-corrected chi connectivity index (χ2v) is 3.12. The number of rotatable bonds is 0. The quantitative estimate of drug-likeness (QED) is 0.540. The molecule has 0 saturated heterocycles. The molecule has 1 rings (SSSR count). The van der Waals surface area contributed by atoms with E-state index in [1.165, 1.54) is 11.3 Å². The molecular weight excluding hydrogens is 176 g/mol. The van der Waals surface area contributed by atoms with E-state index in [1.54, 1.807) is 6.08 Å². The van der Waals surface area contributed by atoms with Gasteiger partial charge in [-0.1, -0.05) is 18.4 Å². The van der Waals surface area contributed by atoms with Crippen LogP contribution < -0.4 is 0 Å². The summed E-state index contributed by atoms with van der Waals surface area (Å²) in [7, 11) is 0. The van der Waals surface area contributed by atoms with Crippen LogP contribution >= 0.6 is 11.3 Å². The van der Waals surface area contributed by atoms with E-state index in [2.05, 4.69) is 36.2 Å². The fourth-order valence-electron chi connectivity index (χ4n) is 0.692. The minimum Gasteiger partial charge on any atom is -0.118 e. The first kappa shape index (κ1) is 9.21. The molecule has 1 aromatic rings. The average Bonchev–Trinajstić information content (AvgIpc) is 2.59. The summed E-state index contributed by atoms with van der Waals surface area (Å²) in [4.78, 5) is 1.91. The lowest BCUT2D eigenvalue weighted by Crippen LogP contribution is -1.57. The second-order valence-electron chi connectivity index (χ2n) is 2.03. The van der Waals surface area contributed by atoms with Gasteiger partial charge in [-0.3, -0.25) is 0 Å². The zero-order valence-corrected chi connectivity index (χ0v) is 7.74. The maximum Gasteiger partial charge on any atom is 0.0792 e. The van der Waals surface area contributed by atoms with Crippen molar-refractivity contribution in [3.63, 3.8) is 0 Å². The van der Waals surface area contributed by atoms with Gasteiger partial charge >= 0.3 is 0 Å². The molecule has 0 saturated carbocycles. The lowest BCUT2D eigenvalue weighted by atomic mass is 10.4. The molecule has 0 nitrogen and oxygen atoms in total. The Kier molecular flexibility index (Phi) is 3.46. The van der Waals surface area contributed by atoms with Crippen molar-refractivity contribution in [3.05, 3.63) is 34.5 Å². The predicted octanol–water partition coefficient (Wildman–Crippen LogP) is 2.27. The van der Waals surface area contributed by atoms with Crippen LogP contribution in [0.2, 0.25) is 0 Å². The molecular formula is C12H6S. The number of hydrogen-bond donors (Lipinski definition) is 0.